The predicted molar refractivity (Wildman–Crippen MR) is 107 cm³/mol. The third kappa shape index (κ3) is 4.19. The second kappa shape index (κ2) is 7.53. The number of amides is 1. The van der Waals surface area contributed by atoms with Crippen molar-refractivity contribution in [2.24, 2.45) is 0 Å². The minimum Gasteiger partial charge on any atom is -0.383 e. The maximum absolute atomic E-state index is 13.2. The summed E-state index contributed by atoms with van der Waals surface area (Å²) in [6.45, 7) is 8.12. The molecule has 0 saturated carbocycles. The van der Waals surface area contributed by atoms with Gasteiger partial charge in [0, 0.05) is 12.6 Å². The van der Waals surface area contributed by atoms with E-state index in [1.165, 1.54) is 0 Å². The Labute approximate surface area is 160 Å². The Balaban J connectivity index is 1.94. The number of hydrogen-bond donors (Lipinski definition) is 1. The fourth-order valence-corrected chi connectivity index (χ4v) is 3.27. The van der Waals surface area contributed by atoms with E-state index in [0.29, 0.717) is 12.4 Å². The summed E-state index contributed by atoms with van der Waals surface area (Å²) in [6.07, 6.45) is 0. The summed E-state index contributed by atoms with van der Waals surface area (Å²) in [7, 11) is 0. The molecule has 0 radical (unpaired) electrons. The van der Waals surface area contributed by atoms with Gasteiger partial charge in [0.15, 0.2) is 0 Å². The van der Waals surface area contributed by atoms with Gasteiger partial charge in [-0.25, -0.2) is 4.98 Å². The Hall–Kier alpha value is -2.66. The van der Waals surface area contributed by atoms with Crippen molar-refractivity contribution in [2.75, 3.05) is 0 Å². The average molecular weight is 365 g/mol. The van der Waals surface area contributed by atoms with Crippen LogP contribution in [0.4, 0.5) is 0 Å². The molecule has 5 heteroatoms. The maximum Gasteiger partial charge on any atom is 0.243 e. The molecule has 0 fully saturated rings. The van der Waals surface area contributed by atoms with Crippen LogP contribution in [0.3, 0.4) is 0 Å². The van der Waals surface area contributed by atoms with Crippen molar-refractivity contribution < 1.29 is 9.90 Å². The standard InChI is InChI=1S/C22H27N3O2/c1-16(2)24(14-17-10-6-5-7-11-17)20(26)15-25-19-13-9-8-12-18(19)23-21(25)22(3,4)27/h5-13,16,27H,14-15H2,1-4H3. The summed E-state index contributed by atoms with van der Waals surface area (Å²) in [4.78, 5) is 19.6. The maximum atomic E-state index is 13.2. The molecule has 0 unspecified atom stereocenters. The lowest BCUT2D eigenvalue weighted by atomic mass is 10.1. The van der Waals surface area contributed by atoms with Crippen molar-refractivity contribution in [3.8, 4) is 0 Å². The molecule has 5 nitrogen and oxygen atoms in total. The highest BCUT2D eigenvalue weighted by Crippen LogP contribution is 2.25. The summed E-state index contributed by atoms with van der Waals surface area (Å²) < 4.78 is 1.83. The average Bonchev–Trinajstić information content (AvgIpc) is 2.99. The summed E-state index contributed by atoms with van der Waals surface area (Å²) >= 11 is 0. The van der Waals surface area contributed by atoms with E-state index >= 15 is 0 Å². The van der Waals surface area contributed by atoms with Gasteiger partial charge in [0.2, 0.25) is 5.91 Å². The third-order valence-electron chi connectivity index (χ3n) is 4.63. The van der Waals surface area contributed by atoms with Crippen LogP contribution >= 0.6 is 0 Å². The van der Waals surface area contributed by atoms with Crippen LogP contribution in [0.1, 0.15) is 39.1 Å². The number of nitrogens with zero attached hydrogens (tertiary/aromatic N) is 3. The molecular formula is C22H27N3O2. The fourth-order valence-electron chi connectivity index (χ4n) is 3.27. The number of carbonyl (C=O) groups is 1. The highest BCUT2D eigenvalue weighted by atomic mass is 16.3. The first kappa shape index (κ1) is 19.1. The number of imidazole rings is 1. The van der Waals surface area contributed by atoms with E-state index in [4.69, 9.17) is 0 Å². The Morgan fingerprint density at radius 2 is 1.74 bits per heavy atom. The van der Waals surface area contributed by atoms with Gasteiger partial charge in [-0.1, -0.05) is 42.5 Å². The number of rotatable bonds is 6. The highest BCUT2D eigenvalue weighted by molar-refractivity contribution is 5.81. The van der Waals surface area contributed by atoms with E-state index in [-0.39, 0.29) is 18.5 Å². The molecule has 0 spiro atoms. The second-order valence-electron chi connectivity index (χ2n) is 7.67. The van der Waals surface area contributed by atoms with Gasteiger partial charge in [-0.15, -0.1) is 0 Å². The number of aliphatic hydroxyl groups is 1. The monoisotopic (exact) mass is 365 g/mol. The molecule has 0 saturated heterocycles. The molecule has 0 aliphatic rings. The third-order valence-corrected chi connectivity index (χ3v) is 4.63. The van der Waals surface area contributed by atoms with Crippen molar-refractivity contribution >= 4 is 16.9 Å². The van der Waals surface area contributed by atoms with Crippen LogP contribution < -0.4 is 0 Å². The Morgan fingerprint density at radius 1 is 1.11 bits per heavy atom. The van der Waals surface area contributed by atoms with E-state index in [9.17, 15) is 9.90 Å². The first-order valence-corrected chi connectivity index (χ1v) is 9.29. The zero-order valence-electron chi connectivity index (χ0n) is 16.4. The van der Waals surface area contributed by atoms with Gasteiger partial charge in [-0.05, 0) is 45.4 Å². The van der Waals surface area contributed by atoms with Gasteiger partial charge in [0.1, 0.15) is 18.0 Å². The number of fused-ring (bicyclic) bond motifs is 1. The molecule has 142 valence electrons. The van der Waals surface area contributed by atoms with Crippen molar-refractivity contribution in [3.63, 3.8) is 0 Å². The molecule has 0 aliphatic heterocycles. The SMILES string of the molecule is CC(C)N(Cc1ccccc1)C(=O)Cn1c(C(C)(C)O)nc2ccccc21. The number of para-hydroxylation sites is 2. The smallest absolute Gasteiger partial charge is 0.243 e. The largest absolute Gasteiger partial charge is 0.383 e. The van der Waals surface area contributed by atoms with Gasteiger partial charge >= 0.3 is 0 Å². The fraction of sp³-hybridized carbons (Fsp3) is 0.364. The molecule has 2 aromatic carbocycles. The summed E-state index contributed by atoms with van der Waals surface area (Å²) in [5.74, 6) is 0.503. The van der Waals surface area contributed by atoms with Crippen molar-refractivity contribution in [1.29, 1.82) is 0 Å². The first-order valence-electron chi connectivity index (χ1n) is 9.29. The Morgan fingerprint density at radius 3 is 2.37 bits per heavy atom. The van der Waals surface area contributed by atoms with Crippen LogP contribution in [0.25, 0.3) is 11.0 Å². The molecule has 3 aromatic rings. The van der Waals surface area contributed by atoms with Gasteiger partial charge in [0.25, 0.3) is 0 Å². The molecule has 27 heavy (non-hydrogen) atoms. The van der Waals surface area contributed by atoms with E-state index in [0.717, 1.165) is 16.6 Å². The summed E-state index contributed by atoms with van der Waals surface area (Å²) in [6, 6.07) is 17.7. The van der Waals surface area contributed by atoms with Gasteiger partial charge in [0.05, 0.1) is 11.0 Å². The van der Waals surface area contributed by atoms with Crippen molar-refractivity contribution in [2.45, 2.75) is 52.4 Å². The quantitative estimate of drug-likeness (QED) is 0.725. The number of hydrogen-bond acceptors (Lipinski definition) is 3. The summed E-state index contributed by atoms with van der Waals surface area (Å²) in [5, 5.41) is 10.6. The lowest BCUT2D eigenvalue weighted by Gasteiger charge is -2.28. The first-order chi connectivity index (χ1) is 12.8. The van der Waals surface area contributed by atoms with Crippen LogP contribution in [0.5, 0.6) is 0 Å². The highest BCUT2D eigenvalue weighted by Gasteiger charge is 2.27. The molecule has 1 amide bonds. The van der Waals surface area contributed by atoms with Gasteiger partial charge in [-0.2, -0.15) is 0 Å². The lowest BCUT2D eigenvalue weighted by molar-refractivity contribution is -0.134. The van der Waals surface area contributed by atoms with E-state index in [1.54, 1.807) is 13.8 Å². The summed E-state index contributed by atoms with van der Waals surface area (Å²) in [5.41, 5.74) is 1.59. The molecule has 0 aliphatic carbocycles. The van der Waals surface area contributed by atoms with Gasteiger partial charge in [-0.3, -0.25) is 4.79 Å². The minimum absolute atomic E-state index is 0.00232. The molecule has 1 heterocycles. The van der Waals surface area contributed by atoms with E-state index < -0.39 is 5.60 Å². The Kier molecular flexibility index (Phi) is 5.33. The molecule has 1 aromatic heterocycles. The van der Waals surface area contributed by atoms with Crippen LogP contribution in [-0.2, 0) is 23.5 Å². The van der Waals surface area contributed by atoms with Crippen LogP contribution in [0.15, 0.2) is 54.6 Å². The Bertz CT molecular complexity index is 924. The zero-order chi connectivity index (χ0) is 19.6. The van der Waals surface area contributed by atoms with Gasteiger partial charge < -0.3 is 14.6 Å². The van der Waals surface area contributed by atoms with Crippen molar-refractivity contribution in [3.05, 3.63) is 66.0 Å². The van der Waals surface area contributed by atoms with Crippen LogP contribution in [0, 0.1) is 0 Å². The second-order valence-corrected chi connectivity index (χ2v) is 7.67. The molecule has 0 bridgehead atoms. The molecule has 0 atom stereocenters. The topological polar surface area (TPSA) is 58.4 Å². The van der Waals surface area contributed by atoms with E-state index in [1.807, 2.05) is 77.9 Å². The molecular weight excluding hydrogens is 338 g/mol. The van der Waals surface area contributed by atoms with E-state index in [2.05, 4.69) is 4.98 Å². The number of carbonyl (C=O) groups excluding carboxylic acids is 1. The minimum atomic E-state index is -1.14. The molecule has 3 rings (SSSR count). The zero-order valence-corrected chi connectivity index (χ0v) is 16.4. The lowest BCUT2D eigenvalue weighted by Crippen LogP contribution is -2.39. The number of aromatic nitrogens is 2. The van der Waals surface area contributed by atoms with Crippen LogP contribution in [0.2, 0.25) is 0 Å². The number of benzene rings is 2. The molecule has 1 N–H and O–H groups in total. The predicted octanol–water partition coefficient (Wildman–Crippen LogP) is 3.70. The van der Waals surface area contributed by atoms with Crippen LogP contribution in [-0.4, -0.2) is 31.5 Å². The van der Waals surface area contributed by atoms with Crippen molar-refractivity contribution in [1.82, 2.24) is 14.5 Å². The normalized spacial score (nSPS) is 11.9.